The van der Waals surface area contributed by atoms with Gasteiger partial charge in [-0.05, 0) is 24.3 Å². The number of Topliss-reactive ketones (excluding diaryl/α,β-unsaturated/α-hetero) is 1. The number of hydrogen-bond donors (Lipinski definition) is 1. The molecule has 7 heteroatoms. The predicted octanol–water partition coefficient (Wildman–Crippen LogP) is 1.99. The third-order valence-electron chi connectivity index (χ3n) is 3.69. The van der Waals surface area contributed by atoms with Crippen molar-refractivity contribution in [3.8, 4) is 11.5 Å². The molecule has 0 atom stereocenters. The summed E-state index contributed by atoms with van der Waals surface area (Å²) in [6.45, 7) is 4.10. The van der Waals surface area contributed by atoms with Gasteiger partial charge in [-0.1, -0.05) is 6.92 Å². The highest BCUT2D eigenvalue weighted by Gasteiger charge is 2.22. The van der Waals surface area contributed by atoms with Crippen LogP contribution in [0.2, 0.25) is 0 Å². The average Bonchev–Trinajstić information content (AvgIpc) is 2.50. The quantitative estimate of drug-likeness (QED) is 0.519. The van der Waals surface area contributed by atoms with Crippen LogP contribution in [0.1, 0.15) is 18.9 Å². The van der Waals surface area contributed by atoms with E-state index in [1.54, 1.807) is 6.08 Å². The number of ether oxygens (including phenoxy) is 1. The van der Waals surface area contributed by atoms with E-state index in [0.29, 0.717) is 24.1 Å². The number of methoxy groups -OCH3 is 1. The molecule has 1 saturated heterocycles. The van der Waals surface area contributed by atoms with E-state index in [2.05, 4.69) is 4.90 Å². The lowest BCUT2D eigenvalue weighted by atomic mass is 10.00. The van der Waals surface area contributed by atoms with Crippen LogP contribution in [-0.2, 0) is 4.79 Å². The highest BCUT2D eigenvalue weighted by atomic mass is 16.6. The van der Waals surface area contributed by atoms with E-state index < -0.39 is 16.4 Å². The zero-order valence-electron chi connectivity index (χ0n) is 12.5. The number of hydrogen-bond acceptors (Lipinski definition) is 6. The van der Waals surface area contributed by atoms with Crippen LogP contribution in [0.5, 0.6) is 11.5 Å². The summed E-state index contributed by atoms with van der Waals surface area (Å²) in [6.07, 6.45) is 2.07. The zero-order chi connectivity index (χ0) is 16.3. The Bertz CT molecular complexity index is 639. The van der Waals surface area contributed by atoms with E-state index in [1.165, 1.54) is 19.2 Å². The Hall–Kier alpha value is -2.41. The van der Waals surface area contributed by atoms with Crippen molar-refractivity contribution in [1.82, 2.24) is 4.90 Å². The number of phenolic OH excluding ortho intramolecular Hbond substituents is 1. The van der Waals surface area contributed by atoms with Gasteiger partial charge in [-0.3, -0.25) is 19.8 Å². The molecule has 2 rings (SSSR count). The number of carbonyl (C=O) groups excluding carboxylic acids is 1. The molecule has 1 aliphatic heterocycles. The standard InChI is InChI=1S/C15H18N2O5/c1-3-16-5-4-13(18)11(9-16)6-10-7-12(17(20)21)15(19)14(8-10)22-2/h6-8,19H,3-5,9H2,1-2H3/b11-6+. The highest BCUT2D eigenvalue weighted by Crippen LogP contribution is 2.37. The van der Waals surface area contributed by atoms with E-state index in [-0.39, 0.29) is 11.5 Å². The molecule has 1 N–H and O–H groups in total. The van der Waals surface area contributed by atoms with Crippen molar-refractivity contribution < 1.29 is 19.6 Å². The van der Waals surface area contributed by atoms with Gasteiger partial charge in [0.2, 0.25) is 5.75 Å². The summed E-state index contributed by atoms with van der Waals surface area (Å²) in [6, 6.07) is 2.72. The zero-order valence-corrected chi connectivity index (χ0v) is 12.5. The van der Waals surface area contributed by atoms with Crippen molar-refractivity contribution in [3.05, 3.63) is 33.4 Å². The molecule has 0 unspecified atom stereocenters. The molecule has 0 bridgehead atoms. The van der Waals surface area contributed by atoms with Gasteiger partial charge in [-0.15, -0.1) is 0 Å². The van der Waals surface area contributed by atoms with Gasteiger partial charge in [-0.25, -0.2) is 0 Å². The van der Waals surface area contributed by atoms with Crippen LogP contribution in [0.25, 0.3) is 6.08 Å². The molecule has 0 saturated carbocycles. The number of nitro benzene ring substituents is 1. The van der Waals surface area contributed by atoms with Gasteiger partial charge < -0.3 is 9.84 Å². The smallest absolute Gasteiger partial charge is 0.315 e. The summed E-state index contributed by atoms with van der Waals surface area (Å²) in [5.41, 5.74) is 0.625. The van der Waals surface area contributed by atoms with Crippen molar-refractivity contribution in [2.75, 3.05) is 26.7 Å². The van der Waals surface area contributed by atoms with Gasteiger partial charge >= 0.3 is 5.69 Å². The van der Waals surface area contributed by atoms with Crippen LogP contribution in [0.4, 0.5) is 5.69 Å². The number of ketones is 1. The van der Waals surface area contributed by atoms with Crippen LogP contribution in [-0.4, -0.2) is 47.5 Å². The number of aromatic hydroxyl groups is 1. The molecule has 22 heavy (non-hydrogen) atoms. The maximum absolute atomic E-state index is 12.0. The number of benzene rings is 1. The Balaban J connectivity index is 2.43. The maximum Gasteiger partial charge on any atom is 0.315 e. The topological polar surface area (TPSA) is 92.9 Å². The summed E-state index contributed by atoms with van der Waals surface area (Å²) >= 11 is 0. The normalized spacial score (nSPS) is 17.7. The van der Waals surface area contributed by atoms with Crippen molar-refractivity contribution in [2.24, 2.45) is 0 Å². The summed E-state index contributed by atoms with van der Waals surface area (Å²) in [5, 5.41) is 20.8. The number of rotatable bonds is 4. The van der Waals surface area contributed by atoms with Crippen LogP contribution in [0, 0.1) is 10.1 Å². The number of nitrogens with zero attached hydrogens (tertiary/aromatic N) is 2. The summed E-state index contributed by atoms with van der Waals surface area (Å²) in [5.74, 6) is -0.462. The molecule has 1 aromatic carbocycles. The van der Waals surface area contributed by atoms with E-state index in [9.17, 15) is 20.0 Å². The van der Waals surface area contributed by atoms with Crippen molar-refractivity contribution in [3.63, 3.8) is 0 Å². The minimum Gasteiger partial charge on any atom is -0.500 e. The fourth-order valence-corrected chi connectivity index (χ4v) is 2.42. The minimum atomic E-state index is -0.680. The molecule has 1 aromatic rings. The molecular formula is C15H18N2O5. The van der Waals surface area contributed by atoms with Gasteiger partial charge in [0, 0.05) is 31.1 Å². The number of piperidine rings is 1. The lowest BCUT2D eigenvalue weighted by Gasteiger charge is -2.26. The van der Waals surface area contributed by atoms with Gasteiger partial charge in [0.25, 0.3) is 0 Å². The van der Waals surface area contributed by atoms with Gasteiger partial charge in [0.15, 0.2) is 11.5 Å². The Morgan fingerprint density at radius 3 is 2.82 bits per heavy atom. The lowest BCUT2D eigenvalue weighted by Crippen LogP contribution is -2.35. The second-order valence-electron chi connectivity index (χ2n) is 5.06. The third-order valence-corrected chi connectivity index (χ3v) is 3.69. The summed E-state index contributed by atoms with van der Waals surface area (Å²) < 4.78 is 4.96. The van der Waals surface area contributed by atoms with Crippen LogP contribution in [0.15, 0.2) is 17.7 Å². The lowest BCUT2D eigenvalue weighted by molar-refractivity contribution is -0.386. The Morgan fingerprint density at radius 1 is 1.50 bits per heavy atom. The van der Waals surface area contributed by atoms with Crippen molar-refractivity contribution in [1.29, 1.82) is 0 Å². The minimum absolute atomic E-state index is 0.0108. The molecule has 0 radical (unpaired) electrons. The van der Waals surface area contributed by atoms with Crippen molar-refractivity contribution in [2.45, 2.75) is 13.3 Å². The molecule has 7 nitrogen and oxygen atoms in total. The Labute approximate surface area is 128 Å². The van der Waals surface area contributed by atoms with E-state index in [0.717, 1.165) is 13.1 Å². The predicted molar refractivity (Wildman–Crippen MR) is 81.0 cm³/mol. The molecular weight excluding hydrogens is 288 g/mol. The molecule has 0 spiro atoms. The van der Waals surface area contributed by atoms with Crippen LogP contribution in [0.3, 0.4) is 0 Å². The van der Waals surface area contributed by atoms with Gasteiger partial charge in [-0.2, -0.15) is 0 Å². The highest BCUT2D eigenvalue weighted by molar-refractivity contribution is 6.00. The third kappa shape index (κ3) is 3.25. The molecule has 0 aromatic heterocycles. The largest absolute Gasteiger partial charge is 0.500 e. The van der Waals surface area contributed by atoms with Gasteiger partial charge in [0.1, 0.15) is 0 Å². The Kier molecular flexibility index (Phi) is 4.77. The van der Waals surface area contributed by atoms with Gasteiger partial charge in [0.05, 0.1) is 12.0 Å². The number of nitro groups is 1. The molecule has 1 heterocycles. The van der Waals surface area contributed by atoms with E-state index in [4.69, 9.17) is 4.74 Å². The molecule has 1 fully saturated rings. The first-order valence-electron chi connectivity index (χ1n) is 6.97. The summed E-state index contributed by atoms with van der Waals surface area (Å²) in [7, 11) is 1.32. The number of phenols is 1. The van der Waals surface area contributed by atoms with Crippen LogP contribution < -0.4 is 4.74 Å². The first kappa shape index (κ1) is 16.0. The molecule has 0 amide bonds. The SMILES string of the molecule is CCN1CCC(=O)/C(=C/c2cc(OC)c(O)c([N+](=O)[O-])c2)C1. The summed E-state index contributed by atoms with van der Waals surface area (Å²) in [4.78, 5) is 24.4. The second-order valence-corrected chi connectivity index (χ2v) is 5.06. The second kappa shape index (κ2) is 6.57. The molecule has 0 aliphatic carbocycles. The first-order valence-corrected chi connectivity index (χ1v) is 6.97. The fourth-order valence-electron chi connectivity index (χ4n) is 2.42. The Morgan fingerprint density at radius 2 is 2.23 bits per heavy atom. The van der Waals surface area contributed by atoms with E-state index >= 15 is 0 Å². The molecule has 118 valence electrons. The monoisotopic (exact) mass is 306 g/mol. The number of likely N-dealkylation sites (N-methyl/N-ethyl adjacent to an activating group) is 1. The average molecular weight is 306 g/mol. The first-order chi connectivity index (χ1) is 10.5. The molecule has 1 aliphatic rings. The maximum atomic E-state index is 12.0. The van der Waals surface area contributed by atoms with E-state index in [1.807, 2.05) is 6.92 Å². The number of carbonyl (C=O) groups is 1. The van der Waals surface area contributed by atoms with Crippen molar-refractivity contribution >= 4 is 17.5 Å². The fraction of sp³-hybridized carbons (Fsp3) is 0.400. The number of likely N-dealkylation sites (tertiary alicyclic amines) is 1. The van der Waals surface area contributed by atoms with Crippen LogP contribution >= 0.6 is 0 Å².